The highest BCUT2D eigenvalue weighted by Gasteiger charge is 2.51. The summed E-state index contributed by atoms with van der Waals surface area (Å²) in [6.07, 6.45) is 6.50. The normalized spacial score (nSPS) is 24.2. The molecule has 1 saturated heterocycles. The number of unbranched alkanes of at least 4 members (excludes halogenated alkanes) is 1. The van der Waals surface area contributed by atoms with E-state index < -0.39 is 5.41 Å². The fourth-order valence-corrected chi connectivity index (χ4v) is 5.78. The minimum absolute atomic E-state index is 0.0737. The third kappa shape index (κ3) is 5.66. The van der Waals surface area contributed by atoms with Crippen LogP contribution in [0.25, 0.3) is 0 Å². The highest BCUT2D eigenvalue weighted by Crippen LogP contribution is 2.52. The zero-order valence-corrected chi connectivity index (χ0v) is 21.9. The maximum atomic E-state index is 14.3. The van der Waals surface area contributed by atoms with Crippen LogP contribution in [0.4, 0.5) is 0 Å². The molecule has 0 spiro atoms. The molecule has 0 unspecified atom stereocenters. The van der Waals surface area contributed by atoms with Crippen LogP contribution >= 0.6 is 23.2 Å². The number of benzene rings is 2. The fraction of sp³-hybridized carbons (Fsp3) is 0.483. The molecule has 0 bridgehead atoms. The number of carbonyl (C=O) groups excluding carboxylic acids is 1. The van der Waals surface area contributed by atoms with Gasteiger partial charge in [-0.2, -0.15) is 0 Å². The second-order valence-corrected chi connectivity index (χ2v) is 11.0. The minimum Gasteiger partial charge on any atom is -0.331 e. The Morgan fingerprint density at radius 3 is 2.39 bits per heavy atom. The maximum absolute atomic E-state index is 14.3. The molecule has 4 atom stereocenters. The first-order chi connectivity index (χ1) is 15.7. The lowest BCUT2D eigenvalue weighted by atomic mass is 9.66. The van der Waals surface area contributed by atoms with Crippen LogP contribution in [0.3, 0.4) is 0 Å². The Labute approximate surface area is 210 Å². The quantitative estimate of drug-likeness (QED) is 0.324. The first-order valence-electron chi connectivity index (χ1n) is 12.2. The van der Waals surface area contributed by atoms with E-state index in [1.165, 1.54) is 5.56 Å². The number of hydrogen-bond donors (Lipinski definition) is 0. The lowest BCUT2D eigenvalue weighted by Gasteiger charge is -2.53. The van der Waals surface area contributed by atoms with Gasteiger partial charge in [-0.3, -0.25) is 4.79 Å². The van der Waals surface area contributed by atoms with Crippen LogP contribution in [0.15, 0.2) is 61.2 Å². The third-order valence-corrected chi connectivity index (χ3v) is 7.65. The van der Waals surface area contributed by atoms with Gasteiger partial charge in [0.25, 0.3) is 0 Å². The molecular weight excluding hydrogens is 449 g/mol. The lowest BCUT2D eigenvalue weighted by molar-refractivity contribution is -0.156. The maximum Gasteiger partial charge on any atom is 0.229 e. The van der Waals surface area contributed by atoms with E-state index in [-0.39, 0.29) is 23.9 Å². The Balaban J connectivity index is 2.23. The molecule has 0 saturated carbocycles. The standard InChI is InChI=1S/C29H37Cl2NO/c1-6-8-12-26(20(3)4)32-27(21-13-15-23(30)16-14-21)25(22-10-9-11-24(31)18-22)19-29(5,17-7-2)28(32)33/h7,9-11,13-16,18,20,25-27H,2,6,8,12,17,19H2,1,3-5H3/t25-,26-,27-,29+/m1/s1. The van der Waals surface area contributed by atoms with Crippen molar-refractivity contribution >= 4 is 29.1 Å². The molecule has 1 fully saturated rings. The molecule has 0 radical (unpaired) electrons. The zero-order valence-electron chi connectivity index (χ0n) is 20.4. The Kier molecular flexibility index (Phi) is 8.70. The van der Waals surface area contributed by atoms with E-state index in [9.17, 15) is 4.79 Å². The molecular formula is C29H37Cl2NO. The van der Waals surface area contributed by atoms with Crippen LogP contribution in [-0.4, -0.2) is 16.8 Å². The SMILES string of the molecule is C=CC[C@@]1(C)C[C@H](c2cccc(Cl)c2)[C@@H](c2ccc(Cl)cc2)N([C@H](CCCC)C(C)C)C1=O. The van der Waals surface area contributed by atoms with E-state index in [0.717, 1.165) is 36.3 Å². The zero-order chi connectivity index (χ0) is 24.2. The molecule has 2 aromatic rings. The number of hydrogen-bond acceptors (Lipinski definition) is 1. The highest BCUT2D eigenvalue weighted by atomic mass is 35.5. The van der Waals surface area contributed by atoms with E-state index in [4.69, 9.17) is 23.2 Å². The predicted octanol–water partition coefficient (Wildman–Crippen LogP) is 8.85. The van der Waals surface area contributed by atoms with Gasteiger partial charge in [-0.15, -0.1) is 6.58 Å². The first-order valence-corrected chi connectivity index (χ1v) is 12.9. The van der Waals surface area contributed by atoms with Crippen molar-refractivity contribution in [3.05, 3.63) is 82.4 Å². The van der Waals surface area contributed by atoms with Gasteiger partial charge in [-0.25, -0.2) is 0 Å². The van der Waals surface area contributed by atoms with E-state index in [2.05, 4.69) is 63.4 Å². The van der Waals surface area contributed by atoms with Gasteiger partial charge in [0.2, 0.25) is 5.91 Å². The van der Waals surface area contributed by atoms with Gasteiger partial charge in [-0.1, -0.05) is 94.1 Å². The summed E-state index contributed by atoms with van der Waals surface area (Å²) in [6.45, 7) is 12.8. The summed E-state index contributed by atoms with van der Waals surface area (Å²) in [5.41, 5.74) is 1.80. The molecule has 2 nitrogen and oxygen atoms in total. The first kappa shape index (κ1) is 25.8. The molecule has 0 aromatic heterocycles. The summed E-state index contributed by atoms with van der Waals surface area (Å²) < 4.78 is 0. The van der Waals surface area contributed by atoms with Crippen molar-refractivity contribution < 1.29 is 4.79 Å². The van der Waals surface area contributed by atoms with Crippen molar-refractivity contribution in [2.75, 3.05) is 0 Å². The molecule has 2 aromatic carbocycles. The van der Waals surface area contributed by atoms with Crippen LogP contribution in [0.1, 0.15) is 82.9 Å². The largest absolute Gasteiger partial charge is 0.331 e. The molecule has 4 heteroatoms. The Bertz CT molecular complexity index is 954. The van der Waals surface area contributed by atoms with E-state index in [0.29, 0.717) is 17.4 Å². The van der Waals surface area contributed by atoms with Gasteiger partial charge < -0.3 is 4.90 Å². The highest BCUT2D eigenvalue weighted by molar-refractivity contribution is 6.30. The summed E-state index contributed by atoms with van der Waals surface area (Å²) in [4.78, 5) is 16.5. The number of carbonyl (C=O) groups is 1. The van der Waals surface area contributed by atoms with Crippen LogP contribution in [0.2, 0.25) is 10.0 Å². The van der Waals surface area contributed by atoms with Crippen LogP contribution in [0.5, 0.6) is 0 Å². The average molecular weight is 487 g/mol. The summed E-state index contributed by atoms with van der Waals surface area (Å²) in [7, 11) is 0. The van der Waals surface area contributed by atoms with Crippen molar-refractivity contribution in [2.24, 2.45) is 11.3 Å². The monoisotopic (exact) mass is 485 g/mol. The topological polar surface area (TPSA) is 20.3 Å². The number of rotatable bonds is 9. The Morgan fingerprint density at radius 2 is 1.82 bits per heavy atom. The molecule has 33 heavy (non-hydrogen) atoms. The molecule has 1 heterocycles. The number of allylic oxidation sites excluding steroid dienone is 1. The smallest absolute Gasteiger partial charge is 0.229 e. The van der Waals surface area contributed by atoms with Crippen molar-refractivity contribution in [1.82, 2.24) is 4.90 Å². The van der Waals surface area contributed by atoms with Crippen LogP contribution < -0.4 is 0 Å². The van der Waals surface area contributed by atoms with Crippen molar-refractivity contribution in [2.45, 2.75) is 77.8 Å². The van der Waals surface area contributed by atoms with Gasteiger partial charge >= 0.3 is 0 Å². The number of piperidine rings is 1. The minimum atomic E-state index is -0.503. The number of amides is 1. The summed E-state index contributed by atoms with van der Waals surface area (Å²) in [6, 6.07) is 16.3. The number of likely N-dealkylation sites (tertiary alicyclic amines) is 1. The molecule has 1 aliphatic heterocycles. The van der Waals surface area contributed by atoms with Gasteiger partial charge in [0, 0.05) is 22.0 Å². The lowest BCUT2D eigenvalue weighted by Crippen LogP contribution is -2.56. The van der Waals surface area contributed by atoms with Crippen molar-refractivity contribution in [3.8, 4) is 0 Å². The molecule has 1 aliphatic rings. The van der Waals surface area contributed by atoms with Crippen LogP contribution in [-0.2, 0) is 4.79 Å². The average Bonchev–Trinajstić information content (AvgIpc) is 2.77. The van der Waals surface area contributed by atoms with Gasteiger partial charge in [0.1, 0.15) is 0 Å². The fourth-order valence-electron chi connectivity index (χ4n) is 5.46. The van der Waals surface area contributed by atoms with E-state index in [1.807, 2.05) is 30.3 Å². The number of halogens is 2. The summed E-state index contributed by atoms with van der Waals surface area (Å²) >= 11 is 12.7. The van der Waals surface area contributed by atoms with E-state index >= 15 is 0 Å². The summed E-state index contributed by atoms with van der Waals surface area (Å²) in [5, 5.41) is 1.43. The molecule has 1 amide bonds. The molecule has 0 N–H and O–H groups in total. The molecule has 0 aliphatic carbocycles. The predicted molar refractivity (Wildman–Crippen MR) is 141 cm³/mol. The van der Waals surface area contributed by atoms with Crippen LogP contribution in [0, 0.1) is 11.3 Å². The molecule has 3 rings (SSSR count). The Hall–Kier alpha value is -1.77. The third-order valence-electron chi connectivity index (χ3n) is 7.17. The van der Waals surface area contributed by atoms with Gasteiger partial charge in [-0.05, 0) is 60.6 Å². The van der Waals surface area contributed by atoms with Gasteiger partial charge in [0.05, 0.1) is 11.5 Å². The van der Waals surface area contributed by atoms with Gasteiger partial charge in [0.15, 0.2) is 0 Å². The molecule has 178 valence electrons. The van der Waals surface area contributed by atoms with Crippen molar-refractivity contribution in [3.63, 3.8) is 0 Å². The second kappa shape index (κ2) is 11.1. The second-order valence-electron chi connectivity index (χ2n) is 10.1. The van der Waals surface area contributed by atoms with Crippen molar-refractivity contribution in [1.29, 1.82) is 0 Å². The summed E-state index contributed by atoms with van der Waals surface area (Å²) in [5.74, 6) is 0.701. The Morgan fingerprint density at radius 1 is 1.12 bits per heavy atom. The number of nitrogens with zero attached hydrogens (tertiary/aromatic N) is 1. The van der Waals surface area contributed by atoms with E-state index in [1.54, 1.807) is 0 Å².